The van der Waals surface area contributed by atoms with Crippen LogP contribution in [0.15, 0.2) is 47.2 Å². The number of nitrogens with zero attached hydrogens (tertiary/aromatic N) is 3. The Hall–Kier alpha value is -3.25. The summed E-state index contributed by atoms with van der Waals surface area (Å²) in [5.41, 5.74) is 0.381. The first kappa shape index (κ1) is 23.9. The van der Waals surface area contributed by atoms with Crippen LogP contribution in [0.5, 0.6) is 5.95 Å². The van der Waals surface area contributed by atoms with Crippen LogP contribution in [0.25, 0.3) is 0 Å². The molecule has 0 aromatic carbocycles. The number of furan rings is 1. The molecule has 2 aromatic heterocycles. The summed E-state index contributed by atoms with van der Waals surface area (Å²) < 4.78 is 37.3. The summed E-state index contributed by atoms with van der Waals surface area (Å²) in [5, 5.41) is 2.54. The molecule has 2 amide bonds. The van der Waals surface area contributed by atoms with Crippen LogP contribution >= 0.6 is 0 Å². The van der Waals surface area contributed by atoms with Gasteiger partial charge in [0.1, 0.15) is 17.8 Å². The molecule has 0 bridgehead atoms. The number of amides is 2. The number of Topliss-reactive ketones (excluding diaryl/α,β-unsaturated/α-hetero) is 1. The van der Waals surface area contributed by atoms with Gasteiger partial charge in [-0.15, -0.1) is 0 Å². The lowest BCUT2D eigenvalue weighted by Crippen LogP contribution is -2.53. The number of carbonyl (C=O) groups is 3. The van der Waals surface area contributed by atoms with Gasteiger partial charge in [0.05, 0.1) is 24.5 Å². The van der Waals surface area contributed by atoms with Gasteiger partial charge in [0.25, 0.3) is 5.95 Å². The summed E-state index contributed by atoms with van der Waals surface area (Å²) in [6.07, 6.45) is 3.26. The average molecular weight is 491 g/mol. The van der Waals surface area contributed by atoms with Crippen LogP contribution in [-0.2, 0) is 25.4 Å². The van der Waals surface area contributed by atoms with Gasteiger partial charge in [0, 0.05) is 18.8 Å². The van der Waals surface area contributed by atoms with Crippen molar-refractivity contribution in [1.29, 1.82) is 0 Å². The number of aromatic nitrogens is 1. The summed E-state index contributed by atoms with van der Waals surface area (Å²) in [4.78, 5) is 43.9. The number of hydrogen-bond donors (Lipinski definition) is 1. The molecule has 182 valence electrons. The molecule has 2 aromatic rings. The molecule has 34 heavy (non-hydrogen) atoms. The lowest BCUT2D eigenvalue weighted by Gasteiger charge is -2.27. The number of nitrogens with one attached hydrogen (secondary N) is 1. The highest BCUT2D eigenvalue weighted by molar-refractivity contribution is 7.88. The molecule has 0 radical (unpaired) electrons. The number of fused-ring (bicyclic) bond motifs is 1. The number of pyridine rings is 1. The molecule has 0 aliphatic carbocycles. The molecule has 1 N–H and O–H groups in total. The fourth-order valence-electron chi connectivity index (χ4n) is 4.47. The SMILES string of the molecule is CCCC(NC(=O)Oc1ccco1)C(=O)N1CCC2C1C(=O)CN2S(=O)(=O)Cc1ccccn1. The van der Waals surface area contributed by atoms with Crippen LogP contribution in [-0.4, -0.2) is 71.6 Å². The van der Waals surface area contributed by atoms with Crippen LogP contribution in [0.4, 0.5) is 4.79 Å². The quantitative estimate of drug-likeness (QED) is 0.584. The topological polar surface area (TPSA) is 139 Å². The second-order valence-corrected chi connectivity index (χ2v) is 10.2. The van der Waals surface area contributed by atoms with Gasteiger partial charge < -0.3 is 19.4 Å². The van der Waals surface area contributed by atoms with E-state index in [-0.39, 0.29) is 30.6 Å². The molecule has 2 saturated heterocycles. The molecule has 4 rings (SSSR count). The second kappa shape index (κ2) is 9.94. The molecule has 2 fully saturated rings. The largest absolute Gasteiger partial charge is 0.434 e. The number of ketones is 1. The smallest absolute Gasteiger partial charge is 0.415 e. The van der Waals surface area contributed by atoms with Gasteiger partial charge in [0.15, 0.2) is 5.78 Å². The summed E-state index contributed by atoms with van der Waals surface area (Å²) in [6, 6.07) is 5.58. The van der Waals surface area contributed by atoms with E-state index < -0.39 is 40.1 Å². The third-order valence-corrected chi connectivity index (χ3v) is 7.71. The highest BCUT2D eigenvalue weighted by Gasteiger charge is 2.54. The Kier molecular flexibility index (Phi) is 6.98. The maximum Gasteiger partial charge on any atom is 0.415 e. The molecule has 2 aliphatic heterocycles. The fraction of sp³-hybridized carbons (Fsp3) is 0.455. The van der Waals surface area contributed by atoms with Crippen LogP contribution < -0.4 is 10.1 Å². The lowest BCUT2D eigenvalue weighted by atomic mass is 10.1. The summed E-state index contributed by atoms with van der Waals surface area (Å²) in [7, 11) is -3.82. The van der Waals surface area contributed by atoms with Crippen molar-refractivity contribution in [3.8, 4) is 5.95 Å². The van der Waals surface area contributed by atoms with Gasteiger partial charge >= 0.3 is 6.09 Å². The zero-order valence-corrected chi connectivity index (χ0v) is 19.4. The number of rotatable bonds is 8. The molecule has 12 heteroatoms. The monoisotopic (exact) mass is 490 g/mol. The minimum Gasteiger partial charge on any atom is -0.434 e. The maximum atomic E-state index is 13.3. The summed E-state index contributed by atoms with van der Waals surface area (Å²) in [6.45, 7) is 1.78. The van der Waals surface area contributed by atoms with Crippen LogP contribution in [0.2, 0.25) is 0 Å². The third kappa shape index (κ3) is 4.97. The average Bonchev–Trinajstić information content (AvgIpc) is 3.52. The molecule has 0 saturated carbocycles. The van der Waals surface area contributed by atoms with E-state index in [1.54, 1.807) is 24.3 Å². The highest BCUT2D eigenvalue weighted by Crippen LogP contribution is 2.33. The van der Waals surface area contributed by atoms with E-state index >= 15 is 0 Å². The number of ether oxygens (including phenoxy) is 1. The minimum atomic E-state index is -3.82. The maximum absolute atomic E-state index is 13.3. The Morgan fingerprint density at radius 3 is 2.79 bits per heavy atom. The molecular formula is C22H26N4O7S. The van der Waals surface area contributed by atoms with Crippen molar-refractivity contribution >= 4 is 27.8 Å². The van der Waals surface area contributed by atoms with Gasteiger partial charge in [-0.05, 0) is 31.0 Å². The van der Waals surface area contributed by atoms with Gasteiger partial charge in [-0.25, -0.2) is 13.2 Å². The number of carbonyl (C=O) groups excluding carboxylic acids is 3. The number of sulfonamides is 1. The van der Waals surface area contributed by atoms with Crippen LogP contribution in [0, 0.1) is 0 Å². The Labute approximate surface area is 197 Å². The van der Waals surface area contributed by atoms with E-state index in [9.17, 15) is 22.8 Å². The number of likely N-dealkylation sites (tertiary alicyclic amines) is 1. The van der Waals surface area contributed by atoms with Gasteiger partial charge in [-0.1, -0.05) is 19.4 Å². The van der Waals surface area contributed by atoms with Crippen molar-refractivity contribution in [3.63, 3.8) is 0 Å². The highest BCUT2D eigenvalue weighted by atomic mass is 32.2. The summed E-state index contributed by atoms with van der Waals surface area (Å²) in [5.74, 6) is -1.12. The second-order valence-electron chi connectivity index (χ2n) is 8.23. The zero-order valence-electron chi connectivity index (χ0n) is 18.6. The van der Waals surface area contributed by atoms with Gasteiger partial charge in [-0.2, -0.15) is 4.31 Å². The first-order chi connectivity index (χ1) is 16.3. The van der Waals surface area contributed by atoms with Gasteiger partial charge in [-0.3, -0.25) is 14.6 Å². The number of hydrogen-bond acceptors (Lipinski definition) is 8. The molecule has 3 atom stereocenters. The molecular weight excluding hydrogens is 464 g/mol. The molecule has 2 aliphatic rings. The van der Waals surface area contributed by atoms with E-state index in [0.29, 0.717) is 25.0 Å². The Bertz CT molecular complexity index is 1140. The minimum absolute atomic E-state index is 0.0128. The van der Waals surface area contributed by atoms with Crippen LogP contribution in [0.3, 0.4) is 0 Å². The Morgan fingerprint density at radius 2 is 2.12 bits per heavy atom. The predicted octanol–water partition coefficient (Wildman–Crippen LogP) is 1.32. The molecule has 11 nitrogen and oxygen atoms in total. The first-order valence-corrected chi connectivity index (χ1v) is 12.7. The molecule has 0 spiro atoms. The lowest BCUT2D eigenvalue weighted by molar-refractivity contribution is -0.138. The van der Waals surface area contributed by atoms with Crippen LogP contribution in [0.1, 0.15) is 31.9 Å². The predicted molar refractivity (Wildman–Crippen MR) is 119 cm³/mol. The van der Waals surface area contributed by atoms with Crippen molar-refractivity contribution in [2.24, 2.45) is 0 Å². The van der Waals surface area contributed by atoms with E-state index in [1.807, 2.05) is 6.92 Å². The van der Waals surface area contributed by atoms with E-state index in [0.717, 1.165) is 0 Å². The molecule has 4 heterocycles. The van der Waals surface area contributed by atoms with E-state index in [1.165, 1.54) is 27.7 Å². The Morgan fingerprint density at radius 1 is 1.29 bits per heavy atom. The Balaban J connectivity index is 1.46. The van der Waals surface area contributed by atoms with Crippen molar-refractivity contribution in [3.05, 3.63) is 48.5 Å². The fourth-order valence-corrected chi connectivity index (χ4v) is 6.13. The normalized spacial score (nSPS) is 21.3. The zero-order chi connectivity index (χ0) is 24.3. The third-order valence-electron chi connectivity index (χ3n) is 5.93. The summed E-state index contributed by atoms with van der Waals surface area (Å²) >= 11 is 0. The van der Waals surface area contributed by atoms with Crippen molar-refractivity contribution in [2.45, 2.75) is 50.1 Å². The molecule has 3 unspecified atom stereocenters. The van der Waals surface area contributed by atoms with Crippen molar-refractivity contribution in [2.75, 3.05) is 13.1 Å². The van der Waals surface area contributed by atoms with Crippen molar-refractivity contribution in [1.82, 2.24) is 19.5 Å². The van der Waals surface area contributed by atoms with E-state index in [4.69, 9.17) is 9.15 Å². The van der Waals surface area contributed by atoms with Gasteiger partial charge in [0.2, 0.25) is 15.9 Å². The standard InChI is InChI=1S/C22H26N4O7S/c1-2-6-16(24-22(29)33-19-8-5-12-32-19)21(28)25-11-9-17-20(25)18(27)13-26(17)34(30,31)14-15-7-3-4-10-23-15/h3-5,7-8,10,12,16-17,20H,2,6,9,11,13-14H2,1H3,(H,24,29). The van der Waals surface area contributed by atoms with E-state index in [2.05, 4.69) is 10.3 Å². The first-order valence-electron chi connectivity index (χ1n) is 11.0. The van der Waals surface area contributed by atoms with Crippen molar-refractivity contribution < 1.29 is 32.0 Å².